The lowest BCUT2D eigenvalue weighted by Gasteiger charge is -2.10. The Bertz CT molecular complexity index is 1070. The van der Waals surface area contributed by atoms with Crippen molar-refractivity contribution in [2.75, 3.05) is 10.0 Å². The predicted molar refractivity (Wildman–Crippen MR) is 106 cm³/mol. The number of nitrogens with one attached hydrogen (secondary N) is 2. The van der Waals surface area contributed by atoms with Crippen LogP contribution < -0.4 is 10.0 Å². The largest absolute Gasteiger partial charge is 0.322 e. The second-order valence-corrected chi connectivity index (χ2v) is 8.20. The number of sulfonamides is 1. The number of halogens is 2. The lowest BCUT2D eigenvalue weighted by molar-refractivity contribution is 0.102. The summed E-state index contributed by atoms with van der Waals surface area (Å²) in [5, 5.41) is 2.59. The SMILES string of the molecule is O=C(Nc1ccc(F)cc1)c1cccc(S(=O)(=O)Nc2ccc(Br)cc2)c1. The van der Waals surface area contributed by atoms with Crippen molar-refractivity contribution >= 4 is 43.2 Å². The van der Waals surface area contributed by atoms with Crippen LogP contribution >= 0.6 is 15.9 Å². The molecule has 0 radical (unpaired) electrons. The van der Waals surface area contributed by atoms with Gasteiger partial charge in [-0.1, -0.05) is 22.0 Å². The Hall–Kier alpha value is -2.71. The van der Waals surface area contributed by atoms with Crippen molar-refractivity contribution in [1.29, 1.82) is 0 Å². The van der Waals surface area contributed by atoms with Gasteiger partial charge in [-0.25, -0.2) is 12.8 Å². The van der Waals surface area contributed by atoms with Gasteiger partial charge >= 0.3 is 0 Å². The van der Waals surface area contributed by atoms with Crippen LogP contribution in [0.2, 0.25) is 0 Å². The van der Waals surface area contributed by atoms with Gasteiger partial charge in [0, 0.05) is 21.4 Å². The van der Waals surface area contributed by atoms with Crippen LogP contribution in [0.15, 0.2) is 82.2 Å². The van der Waals surface area contributed by atoms with Crippen molar-refractivity contribution < 1.29 is 17.6 Å². The first kappa shape index (κ1) is 19.1. The molecule has 138 valence electrons. The van der Waals surface area contributed by atoms with E-state index in [0.717, 1.165) is 4.47 Å². The zero-order valence-electron chi connectivity index (χ0n) is 13.8. The summed E-state index contributed by atoms with van der Waals surface area (Å²) in [6.07, 6.45) is 0. The van der Waals surface area contributed by atoms with Crippen LogP contribution in [0, 0.1) is 5.82 Å². The van der Waals surface area contributed by atoms with Crippen molar-refractivity contribution in [3.63, 3.8) is 0 Å². The first-order chi connectivity index (χ1) is 12.8. The van der Waals surface area contributed by atoms with E-state index >= 15 is 0 Å². The van der Waals surface area contributed by atoms with Crippen molar-refractivity contribution in [1.82, 2.24) is 0 Å². The van der Waals surface area contributed by atoms with E-state index in [1.807, 2.05) is 0 Å². The highest BCUT2D eigenvalue weighted by molar-refractivity contribution is 9.10. The summed E-state index contributed by atoms with van der Waals surface area (Å²) >= 11 is 3.28. The standard InChI is InChI=1S/C19H14BrFN2O3S/c20-14-4-8-17(9-5-14)23-27(25,26)18-3-1-2-13(12-18)19(24)22-16-10-6-15(21)7-11-16/h1-12,23H,(H,22,24). The van der Waals surface area contributed by atoms with Gasteiger partial charge in [-0.2, -0.15) is 0 Å². The monoisotopic (exact) mass is 448 g/mol. The minimum Gasteiger partial charge on any atom is -0.322 e. The van der Waals surface area contributed by atoms with Crippen LogP contribution in [0.25, 0.3) is 0 Å². The van der Waals surface area contributed by atoms with E-state index in [9.17, 15) is 17.6 Å². The molecule has 5 nitrogen and oxygen atoms in total. The average Bonchev–Trinajstić information content (AvgIpc) is 2.65. The average molecular weight is 449 g/mol. The minimum atomic E-state index is -3.86. The maximum atomic E-state index is 12.9. The summed E-state index contributed by atoms with van der Waals surface area (Å²) in [6.45, 7) is 0. The molecule has 0 spiro atoms. The molecular weight excluding hydrogens is 435 g/mol. The molecule has 0 atom stereocenters. The fourth-order valence-electron chi connectivity index (χ4n) is 2.27. The van der Waals surface area contributed by atoms with Crippen LogP contribution in [-0.2, 0) is 10.0 Å². The number of hydrogen-bond acceptors (Lipinski definition) is 3. The number of benzene rings is 3. The Labute approximate surface area is 164 Å². The number of hydrogen-bond donors (Lipinski definition) is 2. The highest BCUT2D eigenvalue weighted by atomic mass is 79.9. The molecule has 3 aromatic carbocycles. The molecule has 0 saturated heterocycles. The molecule has 8 heteroatoms. The zero-order chi connectivity index (χ0) is 19.4. The first-order valence-corrected chi connectivity index (χ1v) is 10.1. The second-order valence-electron chi connectivity index (χ2n) is 5.60. The highest BCUT2D eigenvalue weighted by Crippen LogP contribution is 2.20. The Kier molecular flexibility index (Phi) is 5.57. The number of rotatable bonds is 5. The molecule has 0 aliphatic carbocycles. The summed E-state index contributed by atoms with van der Waals surface area (Å²) in [5.74, 6) is -0.914. The van der Waals surface area contributed by atoms with E-state index in [2.05, 4.69) is 26.0 Å². The molecule has 0 bridgehead atoms. The van der Waals surface area contributed by atoms with Gasteiger partial charge in [-0.05, 0) is 66.7 Å². The van der Waals surface area contributed by atoms with Gasteiger partial charge in [0.1, 0.15) is 5.82 Å². The van der Waals surface area contributed by atoms with E-state index in [4.69, 9.17) is 0 Å². The molecule has 0 aromatic heterocycles. The Morgan fingerprint density at radius 1 is 0.889 bits per heavy atom. The zero-order valence-corrected chi connectivity index (χ0v) is 16.2. The van der Waals surface area contributed by atoms with Gasteiger partial charge in [0.05, 0.1) is 4.90 Å². The topological polar surface area (TPSA) is 75.3 Å². The summed E-state index contributed by atoms with van der Waals surface area (Å²) in [5.41, 5.74) is 0.972. The molecule has 2 N–H and O–H groups in total. The van der Waals surface area contributed by atoms with Crippen molar-refractivity contribution in [3.8, 4) is 0 Å². The fraction of sp³-hybridized carbons (Fsp3) is 0. The van der Waals surface area contributed by atoms with Gasteiger partial charge in [-0.15, -0.1) is 0 Å². The lowest BCUT2D eigenvalue weighted by Crippen LogP contribution is -2.16. The normalized spacial score (nSPS) is 11.0. The van der Waals surface area contributed by atoms with Gasteiger partial charge < -0.3 is 5.32 Å². The van der Waals surface area contributed by atoms with Crippen molar-refractivity contribution in [3.05, 3.63) is 88.6 Å². The third-order valence-electron chi connectivity index (χ3n) is 3.61. The van der Waals surface area contributed by atoms with Crippen LogP contribution in [0.1, 0.15) is 10.4 Å². The summed E-state index contributed by atoms with van der Waals surface area (Å²) in [4.78, 5) is 12.3. The first-order valence-electron chi connectivity index (χ1n) is 7.79. The maximum Gasteiger partial charge on any atom is 0.261 e. The van der Waals surface area contributed by atoms with E-state index in [1.54, 1.807) is 24.3 Å². The molecule has 0 fully saturated rings. The second kappa shape index (κ2) is 7.89. The number of amides is 1. The van der Waals surface area contributed by atoms with Crippen LogP contribution in [-0.4, -0.2) is 14.3 Å². The Morgan fingerprint density at radius 3 is 2.19 bits per heavy atom. The lowest BCUT2D eigenvalue weighted by atomic mass is 10.2. The predicted octanol–water partition coefficient (Wildman–Crippen LogP) is 4.64. The number of anilines is 2. The van der Waals surface area contributed by atoms with Crippen molar-refractivity contribution in [2.45, 2.75) is 4.90 Å². The minimum absolute atomic E-state index is 0.0443. The molecule has 3 aromatic rings. The van der Waals surface area contributed by atoms with Crippen LogP contribution in [0.4, 0.5) is 15.8 Å². The molecule has 0 unspecified atom stereocenters. The number of carbonyl (C=O) groups is 1. The smallest absolute Gasteiger partial charge is 0.261 e. The Balaban J connectivity index is 1.80. The van der Waals surface area contributed by atoms with Gasteiger partial charge in [0.2, 0.25) is 0 Å². The summed E-state index contributed by atoms with van der Waals surface area (Å²) in [7, 11) is -3.86. The summed E-state index contributed by atoms with van der Waals surface area (Å²) < 4.78 is 41.4. The van der Waals surface area contributed by atoms with E-state index in [0.29, 0.717) is 11.4 Å². The highest BCUT2D eigenvalue weighted by Gasteiger charge is 2.16. The molecule has 27 heavy (non-hydrogen) atoms. The molecular formula is C19H14BrFN2O3S. The van der Waals surface area contributed by atoms with E-state index in [1.165, 1.54) is 48.5 Å². The van der Waals surface area contributed by atoms with Crippen LogP contribution in [0.5, 0.6) is 0 Å². The molecule has 3 rings (SSSR count). The molecule has 0 saturated carbocycles. The van der Waals surface area contributed by atoms with Gasteiger partial charge in [0.25, 0.3) is 15.9 Å². The molecule has 1 amide bonds. The number of carbonyl (C=O) groups excluding carboxylic acids is 1. The Morgan fingerprint density at radius 2 is 1.52 bits per heavy atom. The quantitative estimate of drug-likeness (QED) is 0.596. The fourth-order valence-corrected chi connectivity index (χ4v) is 3.64. The third-order valence-corrected chi connectivity index (χ3v) is 5.51. The van der Waals surface area contributed by atoms with Gasteiger partial charge in [-0.3, -0.25) is 9.52 Å². The van der Waals surface area contributed by atoms with Crippen molar-refractivity contribution in [2.24, 2.45) is 0 Å². The van der Waals surface area contributed by atoms with Crippen LogP contribution in [0.3, 0.4) is 0 Å². The van der Waals surface area contributed by atoms with E-state index < -0.39 is 21.7 Å². The third kappa shape index (κ3) is 4.93. The maximum absolute atomic E-state index is 12.9. The molecule has 0 heterocycles. The molecule has 0 aliphatic rings. The van der Waals surface area contributed by atoms with E-state index in [-0.39, 0.29) is 10.5 Å². The molecule has 0 aliphatic heterocycles. The van der Waals surface area contributed by atoms with Gasteiger partial charge in [0.15, 0.2) is 0 Å². The summed E-state index contributed by atoms with van der Waals surface area (Å²) in [6, 6.07) is 17.6.